The van der Waals surface area contributed by atoms with Crippen LogP contribution in [0.5, 0.6) is 11.5 Å². The van der Waals surface area contributed by atoms with Gasteiger partial charge in [-0.15, -0.1) is 0 Å². The lowest BCUT2D eigenvalue weighted by Gasteiger charge is -2.29. The standard InChI is InChI=1S/C20H20ClNO5/c1-25-17-9-14-7-8-22(11-15(14)10-18(17)26-2)19(23)12-27-20(24)13-3-5-16(21)6-4-13/h3-6,9-10H,7-8,11-12H2,1-2H3. The lowest BCUT2D eigenvalue weighted by Crippen LogP contribution is -2.38. The van der Waals surface area contributed by atoms with Gasteiger partial charge in [0, 0.05) is 18.1 Å². The molecule has 0 saturated heterocycles. The molecule has 0 unspecified atom stereocenters. The van der Waals surface area contributed by atoms with Crippen LogP contribution in [0.15, 0.2) is 36.4 Å². The lowest BCUT2D eigenvalue weighted by molar-refractivity contribution is -0.135. The zero-order valence-corrected chi connectivity index (χ0v) is 15.9. The second-order valence-electron chi connectivity index (χ2n) is 6.12. The molecule has 0 saturated carbocycles. The number of carbonyl (C=O) groups is 2. The Morgan fingerprint density at radius 3 is 2.30 bits per heavy atom. The van der Waals surface area contributed by atoms with Crippen molar-refractivity contribution in [3.63, 3.8) is 0 Å². The van der Waals surface area contributed by atoms with Gasteiger partial charge in [0.25, 0.3) is 5.91 Å². The first-order valence-corrected chi connectivity index (χ1v) is 8.84. The van der Waals surface area contributed by atoms with Gasteiger partial charge in [0.2, 0.25) is 0 Å². The van der Waals surface area contributed by atoms with Crippen LogP contribution in [0.1, 0.15) is 21.5 Å². The Hall–Kier alpha value is -2.73. The average Bonchev–Trinajstić information content (AvgIpc) is 2.70. The summed E-state index contributed by atoms with van der Waals surface area (Å²) in [7, 11) is 3.17. The summed E-state index contributed by atoms with van der Waals surface area (Å²) >= 11 is 5.80. The van der Waals surface area contributed by atoms with E-state index < -0.39 is 5.97 Å². The highest BCUT2D eigenvalue weighted by atomic mass is 35.5. The van der Waals surface area contributed by atoms with Crippen LogP contribution in [-0.2, 0) is 22.5 Å². The minimum absolute atomic E-state index is 0.238. The van der Waals surface area contributed by atoms with E-state index in [4.69, 9.17) is 25.8 Å². The maximum Gasteiger partial charge on any atom is 0.338 e. The number of carbonyl (C=O) groups excluding carboxylic acids is 2. The number of ether oxygens (including phenoxy) is 3. The van der Waals surface area contributed by atoms with E-state index in [0.717, 1.165) is 11.1 Å². The van der Waals surface area contributed by atoms with Crippen molar-refractivity contribution in [3.05, 3.63) is 58.1 Å². The quantitative estimate of drug-likeness (QED) is 0.735. The van der Waals surface area contributed by atoms with Gasteiger partial charge in [-0.25, -0.2) is 4.79 Å². The predicted molar refractivity (Wildman–Crippen MR) is 100 cm³/mol. The Morgan fingerprint density at radius 2 is 1.67 bits per heavy atom. The molecule has 1 amide bonds. The molecule has 6 nitrogen and oxygen atoms in total. The average molecular weight is 390 g/mol. The summed E-state index contributed by atoms with van der Waals surface area (Å²) in [6.45, 7) is 0.691. The number of esters is 1. The number of rotatable bonds is 5. The third kappa shape index (κ3) is 4.34. The first-order valence-electron chi connectivity index (χ1n) is 8.46. The van der Waals surface area contributed by atoms with E-state index >= 15 is 0 Å². The SMILES string of the molecule is COc1cc2c(cc1OC)CN(C(=O)COC(=O)c1ccc(Cl)cc1)CC2. The molecule has 7 heteroatoms. The summed E-state index contributed by atoms with van der Waals surface area (Å²) < 4.78 is 15.8. The molecule has 27 heavy (non-hydrogen) atoms. The molecule has 0 atom stereocenters. The number of hydrogen-bond donors (Lipinski definition) is 0. The van der Waals surface area contributed by atoms with Crippen LogP contribution in [0.4, 0.5) is 0 Å². The van der Waals surface area contributed by atoms with Crippen molar-refractivity contribution in [2.45, 2.75) is 13.0 Å². The molecule has 1 aliphatic rings. The zero-order chi connectivity index (χ0) is 19.4. The molecule has 1 aliphatic heterocycles. The molecular formula is C20H20ClNO5. The van der Waals surface area contributed by atoms with Crippen molar-refractivity contribution < 1.29 is 23.8 Å². The summed E-state index contributed by atoms with van der Waals surface area (Å²) in [6.07, 6.45) is 0.701. The Kier molecular flexibility index (Phi) is 5.86. The molecule has 1 heterocycles. The van der Waals surface area contributed by atoms with Gasteiger partial charge in [-0.2, -0.15) is 0 Å². The van der Waals surface area contributed by atoms with Crippen LogP contribution in [0.25, 0.3) is 0 Å². The summed E-state index contributed by atoms with van der Waals surface area (Å²) in [5.41, 5.74) is 2.47. The van der Waals surface area contributed by atoms with Gasteiger partial charge in [-0.1, -0.05) is 11.6 Å². The van der Waals surface area contributed by atoms with Crippen molar-refractivity contribution in [2.24, 2.45) is 0 Å². The molecule has 2 aromatic rings. The number of nitrogens with zero attached hydrogens (tertiary/aromatic N) is 1. The zero-order valence-electron chi connectivity index (χ0n) is 15.2. The summed E-state index contributed by atoms with van der Waals surface area (Å²) in [6, 6.07) is 10.1. The highest BCUT2D eigenvalue weighted by Gasteiger charge is 2.23. The van der Waals surface area contributed by atoms with Crippen molar-refractivity contribution in [1.29, 1.82) is 0 Å². The van der Waals surface area contributed by atoms with Crippen molar-refractivity contribution in [1.82, 2.24) is 4.90 Å². The number of halogens is 1. The second-order valence-corrected chi connectivity index (χ2v) is 6.56. The summed E-state index contributed by atoms with van der Waals surface area (Å²) in [5, 5.41) is 0.529. The Balaban J connectivity index is 1.62. The Labute approximate surface area is 162 Å². The van der Waals surface area contributed by atoms with Crippen LogP contribution < -0.4 is 9.47 Å². The van der Waals surface area contributed by atoms with E-state index in [1.54, 1.807) is 43.4 Å². The molecule has 142 valence electrons. The maximum atomic E-state index is 12.4. The summed E-state index contributed by atoms with van der Waals surface area (Å²) in [4.78, 5) is 26.1. The highest BCUT2D eigenvalue weighted by Crippen LogP contribution is 2.33. The minimum atomic E-state index is -0.552. The van der Waals surface area contributed by atoms with E-state index in [1.165, 1.54) is 0 Å². The Bertz CT molecular complexity index is 850. The first-order chi connectivity index (χ1) is 13.0. The second kappa shape index (κ2) is 8.31. The predicted octanol–water partition coefficient (Wildman–Crippen LogP) is 3.10. The summed E-state index contributed by atoms with van der Waals surface area (Å²) in [5.74, 6) is 0.509. The fourth-order valence-electron chi connectivity index (χ4n) is 2.98. The largest absolute Gasteiger partial charge is 0.493 e. The van der Waals surface area contributed by atoms with Gasteiger partial charge < -0.3 is 19.1 Å². The molecule has 0 N–H and O–H groups in total. The topological polar surface area (TPSA) is 65.1 Å². The van der Waals surface area contributed by atoms with Crippen LogP contribution >= 0.6 is 11.6 Å². The third-order valence-corrected chi connectivity index (χ3v) is 4.73. The van der Waals surface area contributed by atoms with E-state index in [9.17, 15) is 9.59 Å². The third-order valence-electron chi connectivity index (χ3n) is 4.48. The molecule has 0 spiro atoms. The van der Waals surface area contributed by atoms with Gasteiger partial charge in [-0.05, 0) is 53.9 Å². The molecule has 2 aromatic carbocycles. The van der Waals surface area contributed by atoms with Crippen LogP contribution in [0, 0.1) is 0 Å². The van der Waals surface area contributed by atoms with Crippen LogP contribution in [-0.4, -0.2) is 44.1 Å². The number of benzene rings is 2. The highest BCUT2D eigenvalue weighted by molar-refractivity contribution is 6.30. The van der Waals surface area contributed by atoms with Crippen LogP contribution in [0.3, 0.4) is 0 Å². The number of methoxy groups -OCH3 is 2. The molecule has 0 aliphatic carbocycles. The van der Waals surface area contributed by atoms with Crippen molar-refractivity contribution in [3.8, 4) is 11.5 Å². The molecule has 3 rings (SSSR count). The van der Waals surface area contributed by atoms with Gasteiger partial charge >= 0.3 is 5.97 Å². The smallest absolute Gasteiger partial charge is 0.338 e. The lowest BCUT2D eigenvalue weighted by atomic mass is 9.99. The van der Waals surface area contributed by atoms with Gasteiger partial charge in [-0.3, -0.25) is 4.79 Å². The molecule has 0 bridgehead atoms. The van der Waals surface area contributed by atoms with Gasteiger partial charge in [0.15, 0.2) is 18.1 Å². The maximum absolute atomic E-state index is 12.4. The fraction of sp³-hybridized carbons (Fsp3) is 0.300. The van der Waals surface area contributed by atoms with E-state index in [2.05, 4.69) is 0 Å². The minimum Gasteiger partial charge on any atom is -0.493 e. The van der Waals surface area contributed by atoms with Gasteiger partial charge in [0.1, 0.15) is 0 Å². The van der Waals surface area contributed by atoms with Gasteiger partial charge in [0.05, 0.1) is 19.8 Å². The van der Waals surface area contributed by atoms with Crippen molar-refractivity contribution in [2.75, 3.05) is 27.4 Å². The fourth-order valence-corrected chi connectivity index (χ4v) is 3.11. The molecule has 0 fully saturated rings. The van der Waals surface area contributed by atoms with Crippen LogP contribution in [0.2, 0.25) is 5.02 Å². The molecule has 0 radical (unpaired) electrons. The normalized spacial score (nSPS) is 12.9. The van der Waals surface area contributed by atoms with E-state index in [-0.39, 0.29) is 12.5 Å². The number of hydrogen-bond acceptors (Lipinski definition) is 5. The number of amides is 1. The monoisotopic (exact) mass is 389 g/mol. The van der Waals surface area contributed by atoms with E-state index in [1.807, 2.05) is 12.1 Å². The molecular weight excluding hydrogens is 370 g/mol. The molecule has 0 aromatic heterocycles. The Morgan fingerprint density at radius 1 is 1.04 bits per heavy atom. The van der Waals surface area contributed by atoms with Crippen molar-refractivity contribution >= 4 is 23.5 Å². The first kappa shape index (κ1) is 19.0. The number of fused-ring (bicyclic) bond motifs is 1. The van der Waals surface area contributed by atoms with E-state index in [0.29, 0.717) is 41.6 Å².